The molecule has 3 rings (SSSR count). The van der Waals surface area contributed by atoms with Gasteiger partial charge in [0, 0.05) is 22.6 Å². The molecule has 0 fully saturated rings. The number of carbonyl (C=O) groups excluding carboxylic acids is 2. The Morgan fingerprint density at radius 3 is 2.37 bits per heavy atom. The van der Waals surface area contributed by atoms with Crippen molar-refractivity contribution < 1.29 is 18.7 Å². The largest absolute Gasteiger partial charge is 0.495 e. The van der Waals surface area contributed by atoms with Crippen LogP contribution in [0.2, 0.25) is 0 Å². The summed E-state index contributed by atoms with van der Waals surface area (Å²) < 4.78 is 20.2. The minimum absolute atomic E-state index is 0.296. The summed E-state index contributed by atoms with van der Waals surface area (Å²) in [7, 11) is 1.49. The molecule has 1 heterocycles. The normalized spacial score (nSPS) is 10.5. The van der Waals surface area contributed by atoms with Gasteiger partial charge in [-0.2, -0.15) is 0 Å². The van der Waals surface area contributed by atoms with Crippen LogP contribution in [0.5, 0.6) is 5.75 Å². The number of halogens is 1. The maximum Gasteiger partial charge on any atom is 0.296 e. The fourth-order valence-corrected chi connectivity index (χ4v) is 3.03. The first-order valence-corrected chi connectivity index (χ1v) is 8.36. The number of nitrogens with zero attached hydrogens (tertiary/aromatic N) is 1. The van der Waals surface area contributed by atoms with Crippen LogP contribution in [0.25, 0.3) is 5.69 Å². The molecule has 0 aliphatic rings. The number of ether oxygens (including phenoxy) is 1. The van der Waals surface area contributed by atoms with Crippen molar-refractivity contribution in [3.8, 4) is 11.4 Å². The third kappa shape index (κ3) is 3.60. The number of ketones is 1. The van der Waals surface area contributed by atoms with Crippen LogP contribution in [-0.4, -0.2) is 23.4 Å². The summed E-state index contributed by atoms with van der Waals surface area (Å²) in [5.41, 5.74) is 2.82. The minimum atomic E-state index is -0.751. The van der Waals surface area contributed by atoms with Gasteiger partial charge in [0.25, 0.3) is 11.7 Å². The first-order valence-electron chi connectivity index (χ1n) is 8.36. The predicted molar refractivity (Wildman–Crippen MR) is 101 cm³/mol. The van der Waals surface area contributed by atoms with Gasteiger partial charge in [-0.3, -0.25) is 9.59 Å². The van der Waals surface area contributed by atoms with E-state index in [-0.39, 0.29) is 5.82 Å². The molecule has 0 spiro atoms. The molecule has 0 radical (unpaired) electrons. The zero-order valence-electron chi connectivity index (χ0n) is 15.2. The molecule has 27 heavy (non-hydrogen) atoms. The van der Waals surface area contributed by atoms with Crippen molar-refractivity contribution in [3.63, 3.8) is 0 Å². The number of Topliss-reactive ketones (excluding diaryl/α,β-unsaturated/α-hetero) is 1. The molecule has 1 N–H and O–H groups in total. The molecule has 6 heteroatoms. The van der Waals surface area contributed by atoms with E-state index in [0.717, 1.165) is 11.4 Å². The monoisotopic (exact) mass is 366 g/mol. The summed E-state index contributed by atoms with van der Waals surface area (Å²) in [5, 5.41) is 2.59. The number of hydrogen-bond donors (Lipinski definition) is 1. The molecule has 3 aromatic rings. The maximum atomic E-state index is 13.2. The highest BCUT2D eigenvalue weighted by atomic mass is 19.1. The lowest BCUT2D eigenvalue weighted by Gasteiger charge is -2.10. The highest BCUT2D eigenvalue weighted by molar-refractivity contribution is 6.47. The molecule has 0 saturated carbocycles. The first-order chi connectivity index (χ1) is 12.9. The van der Waals surface area contributed by atoms with Gasteiger partial charge in [-0.25, -0.2) is 4.39 Å². The smallest absolute Gasteiger partial charge is 0.296 e. The first kappa shape index (κ1) is 18.4. The van der Waals surface area contributed by atoms with E-state index in [1.165, 1.54) is 19.2 Å². The Balaban J connectivity index is 1.90. The maximum absolute atomic E-state index is 13.2. The van der Waals surface area contributed by atoms with E-state index in [1.807, 2.05) is 11.5 Å². The van der Waals surface area contributed by atoms with Crippen LogP contribution in [0.1, 0.15) is 21.7 Å². The van der Waals surface area contributed by atoms with Crippen molar-refractivity contribution in [1.29, 1.82) is 0 Å². The van der Waals surface area contributed by atoms with Crippen LogP contribution in [0.15, 0.2) is 54.6 Å². The number of methoxy groups -OCH3 is 1. The summed E-state index contributed by atoms with van der Waals surface area (Å²) in [4.78, 5) is 25.2. The van der Waals surface area contributed by atoms with Gasteiger partial charge in [0.15, 0.2) is 0 Å². The van der Waals surface area contributed by atoms with E-state index in [2.05, 4.69) is 5.32 Å². The van der Waals surface area contributed by atoms with Gasteiger partial charge in [0.05, 0.1) is 12.8 Å². The molecule has 1 aromatic heterocycles. The topological polar surface area (TPSA) is 60.3 Å². The standard InChI is InChI=1S/C21H19FN2O3/c1-13-12-17(14(2)24(13)16-10-8-15(22)9-11-16)20(25)21(26)23-18-6-4-5-7-19(18)27-3/h4-12H,1-3H3,(H,23,26). The van der Waals surface area contributed by atoms with Crippen LogP contribution in [0.3, 0.4) is 0 Å². The Morgan fingerprint density at radius 2 is 1.70 bits per heavy atom. The fraction of sp³-hybridized carbons (Fsp3) is 0.143. The number of amides is 1. The minimum Gasteiger partial charge on any atom is -0.495 e. The quantitative estimate of drug-likeness (QED) is 0.547. The highest BCUT2D eigenvalue weighted by Gasteiger charge is 2.23. The fourth-order valence-electron chi connectivity index (χ4n) is 3.03. The number of nitrogens with one attached hydrogen (secondary N) is 1. The number of carbonyl (C=O) groups is 2. The Labute approximate surface area is 156 Å². The van der Waals surface area contributed by atoms with Gasteiger partial charge in [-0.1, -0.05) is 12.1 Å². The van der Waals surface area contributed by atoms with Crippen LogP contribution in [0.4, 0.5) is 10.1 Å². The van der Waals surface area contributed by atoms with E-state index < -0.39 is 11.7 Å². The summed E-state index contributed by atoms with van der Waals surface area (Å²) in [6, 6.07) is 14.5. The van der Waals surface area contributed by atoms with Crippen LogP contribution in [-0.2, 0) is 4.79 Å². The third-order valence-electron chi connectivity index (χ3n) is 4.32. The summed E-state index contributed by atoms with van der Waals surface area (Å²) in [5.74, 6) is -1.27. The molecular formula is C21H19FN2O3. The van der Waals surface area contributed by atoms with E-state index in [4.69, 9.17) is 4.74 Å². The highest BCUT2D eigenvalue weighted by Crippen LogP contribution is 2.25. The van der Waals surface area contributed by atoms with Gasteiger partial charge in [0.2, 0.25) is 0 Å². The SMILES string of the molecule is COc1ccccc1NC(=O)C(=O)c1cc(C)n(-c2ccc(F)cc2)c1C. The lowest BCUT2D eigenvalue weighted by molar-refractivity contribution is -0.112. The van der Waals surface area contributed by atoms with E-state index in [9.17, 15) is 14.0 Å². The molecule has 2 aromatic carbocycles. The lowest BCUT2D eigenvalue weighted by Crippen LogP contribution is -2.23. The molecule has 5 nitrogen and oxygen atoms in total. The van der Waals surface area contributed by atoms with Crippen LogP contribution in [0, 0.1) is 19.7 Å². The van der Waals surface area contributed by atoms with Crippen molar-refractivity contribution in [3.05, 3.63) is 77.4 Å². The predicted octanol–water partition coefficient (Wildman–Crippen LogP) is 4.06. The molecule has 0 bridgehead atoms. The molecule has 1 amide bonds. The number of aryl methyl sites for hydroxylation is 1. The van der Waals surface area contributed by atoms with Gasteiger partial charge in [-0.05, 0) is 56.3 Å². The van der Waals surface area contributed by atoms with Crippen molar-refractivity contribution >= 4 is 17.4 Å². The van der Waals surface area contributed by atoms with Crippen LogP contribution < -0.4 is 10.1 Å². The van der Waals surface area contributed by atoms with E-state index in [1.54, 1.807) is 49.4 Å². The van der Waals surface area contributed by atoms with Crippen LogP contribution >= 0.6 is 0 Å². The average Bonchev–Trinajstić information content (AvgIpc) is 2.96. The number of para-hydroxylation sites is 2. The average molecular weight is 366 g/mol. The second kappa shape index (κ2) is 7.45. The molecule has 0 atom stereocenters. The Bertz CT molecular complexity index is 1010. The molecule has 0 aliphatic heterocycles. The van der Waals surface area contributed by atoms with Crippen molar-refractivity contribution in [1.82, 2.24) is 4.57 Å². The van der Waals surface area contributed by atoms with Crippen molar-refractivity contribution in [2.24, 2.45) is 0 Å². The summed E-state index contributed by atoms with van der Waals surface area (Å²) in [6.45, 7) is 3.57. The van der Waals surface area contributed by atoms with Gasteiger partial charge in [-0.15, -0.1) is 0 Å². The van der Waals surface area contributed by atoms with Gasteiger partial charge >= 0.3 is 0 Å². The number of anilines is 1. The third-order valence-corrected chi connectivity index (χ3v) is 4.32. The summed E-state index contributed by atoms with van der Waals surface area (Å²) >= 11 is 0. The number of benzene rings is 2. The van der Waals surface area contributed by atoms with Crippen molar-refractivity contribution in [2.75, 3.05) is 12.4 Å². The Hall–Kier alpha value is -3.41. The van der Waals surface area contributed by atoms with Crippen molar-refractivity contribution in [2.45, 2.75) is 13.8 Å². The molecule has 0 saturated heterocycles. The number of rotatable bonds is 5. The second-order valence-corrected chi connectivity index (χ2v) is 6.08. The number of hydrogen-bond acceptors (Lipinski definition) is 3. The van der Waals surface area contributed by atoms with E-state index >= 15 is 0 Å². The van der Waals surface area contributed by atoms with Gasteiger partial charge < -0.3 is 14.6 Å². The second-order valence-electron chi connectivity index (χ2n) is 6.08. The molecule has 138 valence electrons. The Kier molecular flexibility index (Phi) is 5.07. The Morgan fingerprint density at radius 1 is 1.04 bits per heavy atom. The molecule has 0 unspecified atom stereocenters. The zero-order chi connectivity index (χ0) is 19.6. The summed E-state index contributed by atoms with van der Waals surface area (Å²) in [6.07, 6.45) is 0. The molecular weight excluding hydrogens is 347 g/mol. The lowest BCUT2D eigenvalue weighted by atomic mass is 10.1. The van der Waals surface area contributed by atoms with Gasteiger partial charge in [0.1, 0.15) is 11.6 Å². The number of aromatic nitrogens is 1. The van der Waals surface area contributed by atoms with E-state index in [0.29, 0.717) is 22.7 Å². The zero-order valence-corrected chi connectivity index (χ0v) is 15.2. The molecule has 0 aliphatic carbocycles.